The first-order valence-electron chi connectivity index (χ1n) is 3.86. The topological polar surface area (TPSA) is 22.1 Å². The van der Waals surface area contributed by atoms with Crippen LogP contribution in [-0.4, -0.2) is 12.1 Å². The van der Waals surface area contributed by atoms with Gasteiger partial charge in [-0.2, -0.15) is 0 Å². The Hall–Kier alpha value is -1.35. The van der Waals surface area contributed by atoms with Crippen LogP contribution < -0.4 is 4.74 Å². The lowest BCUT2D eigenvalue weighted by Crippen LogP contribution is -1.81. The fourth-order valence-electron chi connectivity index (χ4n) is 1.10. The predicted octanol–water partition coefficient (Wildman–Crippen LogP) is 2.62. The number of hydrogen-bond acceptors (Lipinski definition) is 3. The largest absolute Gasteiger partial charge is 0.497 e. The molecule has 0 spiro atoms. The average molecular weight is 190 g/mol. The zero-order valence-electron chi connectivity index (χ0n) is 7.15. The third-order valence-corrected chi connectivity index (χ3v) is 2.50. The number of methoxy groups -OCH3 is 1. The third kappa shape index (κ3) is 1.70. The molecular formula is C10H8NOS. The molecule has 0 bridgehead atoms. The smallest absolute Gasteiger partial charge is 0.152 e. The monoisotopic (exact) mass is 190 g/mol. The zero-order chi connectivity index (χ0) is 9.10. The van der Waals surface area contributed by atoms with Gasteiger partial charge in [0.25, 0.3) is 0 Å². The lowest BCUT2D eigenvalue weighted by molar-refractivity contribution is 0.415. The fourth-order valence-corrected chi connectivity index (χ4v) is 1.65. The van der Waals surface area contributed by atoms with Crippen molar-refractivity contribution in [1.82, 2.24) is 4.98 Å². The maximum Gasteiger partial charge on any atom is 0.152 e. The first kappa shape index (κ1) is 8.26. The highest BCUT2D eigenvalue weighted by molar-refractivity contribution is 7.12. The summed E-state index contributed by atoms with van der Waals surface area (Å²) in [6, 6.07) is 7.91. The molecule has 0 unspecified atom stereocenters. The summed E-state index contributed by atoms with van der Waals surface area (Å²) in [5, 5.41) is 0. The quantitative estimate of drug-likeness (QED) is 0.726. The van der Waals surface area contributed by atoms with Crippen molar-refractivity contribution in [3.05, 3.63) is 36.0 Å². The highest BCUT2D eigenvalue weighted by Gasteiger charge is 2.00. The zero-order valence-corrected chi connectivity index (χ0v) is 7.97. The molecule has 2 nitrogen and oxygen atoms in total. The number of ether oxygens (including phenoxy) is 1. The molecule has 0 aliphatic heterocycles. The molecular weight excluding hydrogens is 182 g/mol. The SMILES string of the molecule is COc1cccc(-c2cn[c]s2)c1. The predicted molar refractivity (Wildman–Crippen MR) is 52.9 cm³/mol. The molecule has 13 heavy (non-hydrogen) atoms. The second-order valence-corrected chi connectivity index (χ2v) is 3.37. The number of rotatable bonds is 2. The Morgan fingerprint density at radius 2 is 2.38 bits per heavy atom. The summed E-state index contributed by atoms with van der Waals surface area (Å²) in [5.74, 6) is 0.867. The molecule has 2 aromatic rings. The van der Waals surface area contributed by atoms with Gasteiger partial charge in [-0.1, -0.05) is 12.1 Å². The summed E-state index contributed by atoms with van der Waals surface area (Å²) in [6.45, 7) is 0. The van der Waals surface area contributed by atoms with Gasteiger partial charge in [0.1, 0.15) is 5.75 Å². The lowest BCUT2D eigenvalue weighted by atomic mass is 10.2. The first-order valence-corrected chi connectivity index (χ1v) is 4.68. The Balaban J connectivity index is 2.41. The van der Waals surface area contributed by atoms with Gasteiger partial charge in [-0.05, 0) is 17.7 Å². The highest BCUT2D eigenvalue weighted by Crippen LogP contribution is 2.25. The van der Waals surface area contributed by atoms with Crippen molar-refractivity contribution in [2.75, 3.05) is 7.11 Å². The molecule has 1 heterocycles. The average Bonchev–Trinajstić information content (AvgIpc) is 2.71. The molecule has 0 N–H and O–H groups in total. The van der Waals surface area contributed by atoms with Crippen LogP contribution in [0.5, 0.6) is 5.75 Å². The molecule has 0 fully saturated rings. The number of hydrogen-bond donors (Lipinski definition) is 0. The van der Waals surface area contributed by atoms with E-state index in [0.29, 0.717) is 0 Å². The molecule has 0 atom stereocenters. The van der Waals surface area contributed by atoms with Gasteiger partial charge in [-0.15, -0.1) is 11.3 Å². The van der Waals surface area contributed by atoms with Crippen molar-refractivity contribution in [3.8, 4) is 16.2 Å². The maximum absolute atomic E-state index is 5.13. The van der Waals surface area contributed by atoms with E-state index in [1.807, 2.05) is 24.3 Å². The molecule has 1 radical (unpaired) electrons. The maximum atomic E-state index is 5.13. The van der Waals surface area contributed by atoms with Gasteiger partial charge in [-0.3, -0.25) is 0 Å². The van der Waals surface area contributed by atoms with Gasteiger partial charge in [0.05, 0.1) is 12.0 Å². The van der Waals surface area contributed by atoms with Crippen molar-refractivity contribution in [1.29, 1.82) is 0 Å². The van der Waals surface area contributed by atoms with Gasteiger partial charge >= 0.3 is 0 Å². The van der Waals surface area contributed by atoms with Gasteiger partial charge in [-0.25, -0.2) is 4.98 Å². The van der Waals surface area contributed by atoms with Crippen LogP contribution in [0.4, 0.5) is 0 Å². The Kier molecular flexibility index (Phi) is 2.27. The standard InChI is InChI=1S/C10H8NOS/c1-12-9-4-2-3-8(5-9)10-6-11-7-13-10/h2-6H,1H3. The van der Waals surface area contributed by atoms with E-state index in [1.165, 1.54) is 11.3 Å². The number of benzene rings is 1. The molecule has 0 saturated heterocycles. The van der Waals surface area contributed by atoms with E-state index in [1.54, 1.807) is 13.3 Å². The number of nitrogens with zero attached hydrogens (tertiary/aromatic N) is 1. The van der Waals surface area contributed by atoms with E-state index in [9.17, 15) is 0 Å². The molecule has 1 aromatic carbocycles. The van der Waals surface area contributed by atoms with E-state index >= 15 is 0 Å². The molecule has 0 amide bonds. The summed E-state index contributed by atoms with van der Waals surface area (Å²) in [7, 11) is 1.66. The van der Waals surface area contributed by atoms with Crippen molar-refractivity contribution < 1.29 is 4.74 Å². The van der Waals surface area contributed by atoms with Crippen LogP contribution in [0.1, 0.15) is 0 Å². The third-order valence-electron chi connectivity index (χ3n) is 1.74. The second kappa shape index (κ2) is 3.58. The summed E-state index contributed by atoms with van der Waals surface area (Å²) in [4.78, 5) is 5.02. The van der Waals surface area contributed by atoms with Crippen LogP contribution in [0.2, 0.25) is 0 Å². The summed E-state index contributed by atoms with van der Waals surface area (Å²) in [5.41, 5.74) is 3.94. The van der Waals surface area contributed by atoms with Gasteiger partial charge < -0.3 is 4.74 Å². The van der Waals surface area contributed by atoms with Crippen LogP contribution in [0.15, 0.2) is 30.5 Å². The van der Waals surface area contributed by atoms with Crippen molar-refractivity contribution >= 4 is 11.3 Å². The minimum Gasteiger partial charge on any atom is -0.497 e. The number of thiazole rings is 1. The van der Waals surface area contributed by atoms with Gasteiger partial charge in [0.2, 0.25) is 0 Å². The highest BCUT2D eigenvalue weighted by atomic mass is 32.1. The van der Waals surface area contributed by atoms with Gasteiger partial charge in [0.15, 0.2) is 5.51 Å². The second-order valence-electron chi connectivity index (χ2n) is 2.55. The van der Waals surface area contributed by atoms with Crippen LogP contribution in [0, 0.1) is 5.51 Å². The molecule has 65 valence electrons. The minimum atomic E-state index is 0.867. The molecule has 0 aliphatic rings. The number of aromatic nitrogens is 1. The van der Waals surface area contributed by atoms with E-state index in [-0.39, 0.29) is 0 Å². The minimum absolute atomic E-state index is 0.867. The molecule has 3 heteroatoms. The van der Waals surface area contributed by atoms with Crippen molar-refractivity contribution in [2.45, 2.75) is 0 Å². The molecule has 0 aliphatic carbocycles. The van der Waals surface area contributed by atoms with Crippen molar-refractivity contribution in [2.24, 2.45) is 0 Å². The Morgan fingerprint density at radius 1 is 1.46 bits per heavy atom. The van der Waals surface area contributed by atoms with E-state index in [0.717, 1.165) is 16.2 Å². The van der Waals surface area contributed by atoms with Crippen LogP contribution in [-0.2, 0) is 0 Å². The van der Waals surface area contributed by atoms with Crippen LogP contribution in [0.3, 0.4) is 0 Å². The summed E-state index contributed by atoms with van der Waals surface area (Å²) in [6.07, 6.45) is 1.80. The van der Waals surface area contributed by atoms with Crippen molar-refractivity contribution in [3.63, 3.8) is 0 Å². The Morgan fingerprint density at radius 3 is 3.08 bits per heavy atom. The normalized spacial score (nSPS) is 9.92. The lowest BCUT2D eigenvalue weighted by Gasteiger charge is -2.00. The fraction of sp³-hybridized carbons (Fsp3) is 0.100. The Bertz CT molecular complexity index is 384. The van der Waals surface area contributed by atoms with Gasteiger partial charge in [0, 0.05) is 6.20 Å². The first-order chi connectivity index (χ1) is 6.40. The van der Waals surface area contributed by atoms with E-state index in [2.05, 4.69) is 10.5 Å². The summed E-state index contributed by atoms with van der Waals surface area (Å²) >= 11 is 1.50. The molecule has 2 rings (SSSR count). The summed E-state index contributed by atoms with van der Waals surface area (Å²) < 4.78 is 5.13. The van der Waals surface area contributed by atoms with Crippen LogP contribution >= 0.6 is 11.3 Å². The van der Waals surface area contributed by atoms with E-state index in [4.69, 9.17) is 4.74 Å². The molecule has 1 aromatic heterocycles. The van der Waals surface area contributed by atoms with E-state index < -0.39 is 0 Å². The van der Waals surface area contributed by atoms with Crippen LogP contribution in [0.25, 0.3) is 10.4 Å². The molecule has 0 saturated carbocycles. The Labute approximate surface area is 80.8 Å².